The van der Waals surface area contributed by atoms with Crippen LogP contribution < -0.4 is 5.32 Å². The third-order valence-electron chi connectivity index (χ3n) is 3.07. The molecule has 0 bridgehead atoms. The van der Waals surface area contributed by atoms with Gasteiger partial charge in [-0.2, -0.15) is 4.98 Å². The van der Waals surface area contributed by atoms with Crippen LogP contribution in [0.5, 0.6) is 0 Å². The molecule has 19 heavy (non-hydrogen) atoms. The summed E-state index contributed by atoms with van der Waals surface area (Å²) in [6.07, 6.45) is 0.989. The van der Waals surface area contributed by atoms with Gasteiger partial charge in [0.2, 0.25) is 0 Å². The van der Waals surface area contributed by atoms with Gasteiger partial charge in [0.05, 0.1) is 6.61 Å². The highest BCUT2D eigenvalue weighted by molar-refractivity contribution is 5.58. The largest absolute Gasteiger partial charge is 0.395 e. The van der Waals surface area contributed by atoms with Crippen molar-refractivity contribution >= 4 is 5.69 Å². The summed E-state index contributed by atoms with van der Waals surface area (Å²) in [4.78, 5) is 4.40. The molecule has 0 aliphatic carbocycles. The maximum atomic E-state index is 8.74. The Morgan fingerprint density at radius 2 is 2.05 bits per heavy atom. The highest BCUT2D eigenvalue weighted by Gasteiger charge is 2.13. The van der Waals surface area contributed by atoms with E-state index < -0.39 is 0 Å². The van der Waals surface area contributed by atoms with Gasteiger partial charge in [0.25, 0.3) is 5.89 Å². The molecule has 1 atom stereocenters. The normalized spacial score (nSPS) is 12.4. The number of aliphatic hydroxyl groups excluding tert-OH is 1. The van der Waals surface area contributed by atoms with Crippen molar-refractivity contribution in [3.05, 3.63) is 30.1 Å². The lowest BCUT2D eigenvalue weighted by Gasteiger charge is -2.03. The predicted molar refractivity (Wildman–Crippen MR) is 74.0 cm³/mol. The van der Waals surface area contributed by atoms with Crippen molar-refractivity contribution in [1.29, 1.82) is 0 Å². The lowest BCUT2D eigenvalue weighted by atomic mass is 10.1. The Morgan fingerprint density at radius 3 is 2.68 bits per heavy atom. The third-order valence-corrected chi connectivity index (χ3v) is 3.07. The van der Waals surface area contributed by atoms with Gasteiger partial charge in [-0.05, 0) is 30.7 Å². The Hall–Kier alpha value is -1.88. The van der Waals surface area contributed by atoms with Crippen molar-refractivity contribution in [1.82, 2.24) is 10.1 Å². The van der Waals surface area contributed by atoms with Gasteiger partial charge < -0.3 is 14.9 Å². The number of hydrogen-bond acceptors (Lipinski definition) is 5. The molecule has 1 heterocycles. The zero-order valence-corrected chi connectivity index (χ0v) is 11.3. The summed E-state index contributed by atoms with van der Waals surface area (Å²) >= 11 is 0. The molecule has 102 valence electrons. The number of anilines is 1. The van der Waals surface area contributed by atoms with E-state index in [0.717, 1.165) is 23.5 Å². The molecule has 0 radical (unpaired) electrons. The van der Waals surface area contributed by atoms with E-state index in [1.165, 1.54) is 0 Å². The molecule has 0 amide bonds. The Labute approximate surface area is 112 Å². The molecule has 0 aliphatic heterocycles. The zero-order chi connectivity index (χ0) is 13.7. The van der Waals surface area contributed by atoms with E-state index in [2.05, 4.69) is 29.3 Å². The van der Waals surface area contributed by atoms with E-state index >= 15 is 0 Å². The average Bonchev–Trinajstić information content (AvgIpc) is 2.94. The molecular weight excluding hydrogens is 242 g/mol. The Morgan fingerprint density at radius 1 is 1.32 bits per heavy atom. The van der Waals surface area contributed by atoms with Crippen molar-refractivity contribution in [2.24, 2.45) is 0 Å². The molecule has 1 aromatic heterocycles. The number of benzene rings is 1. The first-order valence-corrected chi connectivity index (χ1v) is 6.53. The van der Waals surface area contributed by atoms with Crippen LogP contribution in [0.1, 0.15) is 32.0 Å². The Bertz CT molecular complexity index is 508. The number of nitrogens with zero attached hydrogens (tertiary/aromatic N) is 2. The van der Waals surface area contributed by atoms with Crippen LogP contribution in [-0.4, -0.2) is 28.4 Å². The average molecular weight is 261 g/mol. The van der Waals surface area contributed by atoms with Gasteiger partial charge >= 0.3 is 0 Å². The number of aromatic nitrogens is 2. The van der Waals surface area contributed by atoms with Gasteiger partial charge in [-0.25, -0.2) is 0 Å². The number of nitrogens with one attached hydrogen (secondary N) is 1. The molecule has 1 unspecified atom stereocenters. The second kappa shape index (κ2) is 6.33. The quantitative estimate of drug-likeness (QED) is 0.836. The predicted octanol–water partition coefficient (Wildman–Crippen LogP) is 2.65. The van der Waals surface area contributed by atoms with Crippen LogP contribution in [0.4, 0.5) is 5.69 Å². The second-order valence-electron chi connectivity index (χ2n) is 4.49. The fourth-order valence-corrected chi connectivity index (χ4v) is 1.67. The van der Waals surface area contributed by atoms with Gasteiger partial charge in [-0.15, -0.1) is 0 Å². The third kappa shape index (κ3) is 3.32. The summed E-state index contributed by atoms with van der Waals surface area (Å²) in [6, 6.07) is 7.71. The van der Waals surface area contributed by atoms with Crippen LogP contribution in [0.3, 0.4) is 0 Å². The molecule has 2 N–H and O–H groups in total. The van der Waals surface area contributed by atoms with Crippen molar-refractivity contribution < 1.29 is 9.63 Å². The molecule has 1 aromatic carbocycles. The molecule has 5 heteroatoms. The van der Waals surface area contributed by atoms with Crippen molar-refractivity contribution in [3.63, 3.8) is 0 Å². The van der Waals surface area contributed by atoms with Crippen LogP contribution in [0, 0.1) is 0 Å². The minimum atomic E-state index is 0.115. The van der Waals surface area contributed by atoms with Gasteiger partial charge in [0.15, 0.2) is 5.82 Å². The van der Waals surface area contributed by atoms with E-state index in [1.807, 2.05) is 24.3 Å². The SMILES string of the molecule is CCC(C)c1noc(-c2ccc(NCCO)cc2)n1. The molecule has 0 aliphatic rings. The van der Waals surface area contributed by atoms with E-state index in [1.54, 1.807) is 0 Å². The monoisotopic (exact) mass is 261 g/mol. The molecular formula is C14H19N3O2. The fourth-order valence-electron chi connectivity index (χ4n) is 1.67. The van der Waals surface area contributed by atoms with Gasteiger partial charge in [-0.1, -0.05) is 19.0 Å². The molecule has 0 saturated carbocycles. The molecule has 0 spiro atoms. The lowest BCUT2D eigenvalue weighted by Crippen LogP contribution is -2.04. The lowest BCUT2D eigenvalue weighted by molar-refractivity contribution is 0.311. The van der Waals surface area contributed by atoms with E-state index in [4.69, 9.17) is 9.63 Å². The zero-order valence-electron chi connectivity index (χ0n) is 11.3. The van der Waals surface area contributed by atoms with Crippen LogP contribution in [0.15, 0.2) is 28.8 Å². The number of aliphatic hydroxyl groups is 1. The van der Waals surface area contributed by atoms with Gasteiger partial charge in [-0.3, -0.25) is 0 Å². The Kier molecular flexibility index (Phi) is 4.52. The first kappa shape index (κ1) is 13.5. The van der Waals surface area contributed by atoms with Crippen LogP contribution >= 0.6 is 0 Å². The summed E-state index contributed by atoms with van der Waals surface area (Å²) in [5, 5.41) is 15.8. The van der Waals surface area contributed by atoms with Crippen LogP contribution in [0.25, 0.3) is 11.5 Å². The van der Waals surface area contributed by atoms with E-state index in [9.17, 15) is 0 Å². The minimum Gasteiger partial charge on any atom is -0.395 e. The molecule has 0 saturated heterocycles. The summed E-state index contributed by atoms with van der Waals surface area (Å²) in [5.41, 5.74) is 1.86. The summed E-state index contributed by atoms with van der Waals surface area (Å²) in [6.45, 7) is 4.83. The maximum Gasteiger partial charge on any atom is 0.257 e. The standard InChI is InChI=1S/C14H19N3O2/c1-3-10(2)13-16-14(19-17-13)11-4-6-12(7-5-11)15-8-9-18/h4-7,10,15,18H,3,8-9H2,1-2H3. The second-order valence-corrected chi connectivity index (χ2v) is 4.49. The first-order chi connectivity index (χ1) is 9.24. The van der Waals surface area contributed by atoms with Crippen molar-refractivity contribution in [3.8, 4) is 11.5 Å². The molecule has 2 aromatic rings. The summed E-state index contributed by atoms with van der Waals surface area (Å²) in [5.74, 6) is 1.60. The topological polar surface area (TPSA) is 71.2 Å². The summed E-state index contributed by atoms with van der Waals surface area (Å²) in [7, 11) is 0. The van der Waals surface area contributed by atoms with Gasteiger partial charge in [0, 0.05) is 23.7 Å². The van der Waals surface area contributed by atoms with Gasteiger partial charge in [0.1, 0.15) is 0 Å². The van der Waals surface area contributed by atoms with E-state index in [0.29, 0.717) is 18.4 Å². The number of rotatable bonds is 6. The molecule has 0 fully saturated rings. The Balaban J connectivity index is 2.11. The van der Waals surface area contributed by atoms with Crippen molar-refractivity contribution in [2.75, 3.05) is 18.5 Å². The fraction of sp³-hybridized carbons (Fsp3) is 0.429. The highest BCUT2D eigenvalue weighted by atomic mass is 16.5. The first-order valence-electron chi connectivity index (χ1n) is 6.53. The molecule has 2 rings (SSSR count). The summed E-state index contributed by atoms with van der Waals surface area (Å²) < 4.78 is 5.27. The highest BCUT2D eigenvalue weighted by Crippen LogP contribution is 2.22. The molecule has 5 nitrogen and oxygen atoms in total. The van der Waals surface area contributed by atoms with Crippen LogP contribution in [0.2, 0.25) is 0 Å². The minimum absolute atomic E-state index is 0.115. The maximum absolute atomic E-state index is 8.74. The van der Waals surface area contributed by atoms with E-state index in [-0.39, 0.29) is 6.61 Å². The van der Waals surface area contributed by atoms with Crippen LogP contribution in [-0.2, 0) is 0 Å². The smallest absolute Gasteiger partial charge is 0.257 e. The van der Waals surface area contributed by atoms with Crippen molar-refractivity contribution in [2.45, 2.75) is 26.2 Å². The number of hydrogen-bond donors (Lipinski definition) is 2.